The minimum absolute atomic E-state index is 0.0780. The Morgan fingerprint density at radius 2 is 2.10 bits per heavy atom. The van der Waals surface area contributed by atoms with Gasteiger partial charge in [-0.2, -0.15) is 5.10 Å². The van der Waals surface area contributed by atoms with Gasteiger partial charge in [-0.05, 0) is 49.6 Å². The van der Waals surface area contributed by atoms with Gasteiger partial charge in [0.2, 0.25) is 0 Å². The first-order valence-electron chi connectivity index (χ1n) is 7.36. The summed E-state index contributed by atoms with van der Waals surface area (Å²) in [4.78, 5) is 0. The number of nitrogens with one attached hydrogen (secondary N) is 1. The van der Waals surface area contributed by atoms with Crippen LogP contribution < -0.4 is 11.3 Å². The number of benzene rings is 1. The lowest BCUT2D eigenvalue weighted by Crippen LogP contribution is -2.30. The number of hydrogen-bond acceptors (Lipinski definition) is 3. The van der Waals surface area contributed by atoms with Crippen LogP contribution in [0.3, 0.4) is 0 Å². The summed E-state index contributed by atoms with van der Waals surface area (Å²) in [6.45, 7) is 7.24. The summed E-state index contributed by atoms with van der Waals surface area (Å²) in [6.07, 6.45) is 1.78. The van der Waals surface area contributed by atoms with Crippen LogP contribution in [-0.2, 0) is 19.4 Å². The lowest BCUT2D eigenvalue weighted by molar-refractivity contribution is 0.514. The average molecular weight is 351 g/mol. The van der Waals surface area contributed by atoms with Crippen LogP contribution >= 0.6 is 15.9 Å². The molecule has 0 aliphatic carbocycles. The molecule has 2 rings (SSSR count). The molecular formula is C16H23BrN4. The fraction of sp³-hybridized carbons (Fsp3) is 0.438. The molecule has 0 bridgehead atoms. The van der Waals surface area contributed by atoms with Crippen LogP contribution in [-0.4, -0.2) is 9.78 Å². The molecule has 1 unspecified atom stereocenters. The van der Waals surface area contributed by atoms with Crippen molar-refractivity contribution in [3.8, 4) is 0 Å². The second-order valence-corrected chi connectivity index (χ2v) is 6.14. The number of nitrogens with two attached hydrogens (primary N) is 1. The molecule has 114 valence electrons. The van der Waals surface area contributed by atoms with E-state index in [1.807, 2.05) is 0 Å². The largest absolute Gasteiger partial charge is 0.271 e. The molecule has 0 saturated heterocycles. The quantitative estimate of drug-likeness (QED) is 0.620. The maximum atomic E-state index is 5.81. The van der Waals surface area contributed by atoms with E-state index in [1.54, 1.807) is 0 Å². The zero-order chi connectivity index (χ0) is 15.4. The molecule has 0 aliphatic rings. The fourth-order valence-corrected chi connectivity index (χ4v) is 2.96. The number of hydrogen-bond donors (Lipinski definition) is 2. The number of halogens is 1. The molecule has 4 nitrogen and oxygen atoms in total. The van der Waals surface area contributed by atoms with E-state index in [-0.39, 0.29) is 6.04 Å². The van der Waals surface area contributed by atoms with Gasteiger partial charge in [-0.15, -0.1) is 0 Å². The number of nitrogens with zero attached hydrogens (tertiary/aromatic N) is 2. The second-order valence-electron chi connectivity index (χ2n) is 5.22. The minimum atomic E-state index is 0.0780. The standard InChI is InChI=1S/C16H23BrN4/c1-4-13-9-14(21(5-2)20-13)10-16(19-18)15-8-12(17)7-6-11(15)3/h6-9,16,19H,4-5,10,18H2,1-3H3. The molecule has 5 heteroatoms. The van der Waals surface area contributed by atoms with E-state index >= 15 is 0 Å². The van der Waals surface area contributed by atoms with Crippen LogP contribution in [0.15, 0.2) is 28.7 Å². The van der Waals surface area contributed by atoms with E-state index in [1.165, 1.54) is 16.8 Å². The predicted octanol–water partition coefficient (Wildman–Crippen LogP) is 3.28. The summed E-state index contributed by atoms with van der Waals surface area (Å²) in [5, 5.41) is 4.61. The smallest absolute Gasteiger partial charge is 0.0624 e. The normalized spacial score (nSPS) is 12.6. The first-order chi connectivity index (χ1) is 10.1. The minimum Gasteiger partial charge on any atom is -0.271 e. The van der Waals surface area contributed by atoms with E-state index < -0.39 is 0 Å². The summed E-state index contributed by atoms with van der Waals surface area (Å²) in [6, 6.07) is 8.55. The van der Waals surface area contributed by atoms with Crippen LogP contribution in [0.5, 0.6) is 0 Å². The molecule has 3 N–H and O–H groups in total. The summed E-state index contributed by atoms with van der Waals surface area (Å²) >= 11 is 3.54. The Morgan fingerprint density at radius 1 is 1.33 bits per heavy atom. The van der Waals surface area contributed by atoms with Gasteiger partial charge in [0, 0.05) is 23.1 Å². The van der Waals surface area contributed by atoms with Crippen LogP contribution in [0.25, 0.3) is 0 Å². The maximum absolute atomic E-state index is 5.81. The number of aryl methyl sites for hydroxylation is 3. The van der Waals surface area contributed by atoms with Crippen molar-refractivity contribution in [1.29, 1.82) is 0 Å². The lowest BCUT2D eigenvalue weighted by atomic mass is 9.98. The zero-order valence-corrected chi connectivity index (χ0v) is 14.4. The highest BCUT2D eigenvalue weighted by atomic mass is 79.9. The van der Waals surface area contributed by atoms with E-state index in [0.29, 0.717) is 0 Å². The Balaban J connectivity index is 2.30. The third-order valence-corrected chi connectivity index (χ3v) is 4.30. The van der Waals surface area contributed by atoms with Gasteiger partial charge >= 0.3 is 0 Å². The van der Waals surface area contributed by atoms with Crippen LogP contribution in [0.2, 0.25) is 0 Å². The van der Waals surface area contributed by atoms with Crippen molar-refractivity contribution in [1.82, 2.24) is 15.2 Å². The summed E-state index contributed by atoms with van der Waals surface area (Å²) in [5.74, 6) is 5.81. The lowest BCUT2D eigenvalue weighted by Gasteiger charge is -2.19. The molecule has 0 aliphatic heterocycles. The predicted molar refractivity (Wildman–Crippen MR) is 89.9 cm³/mol. The van der Waals surface area contributed by atoms with Gasteiger partial charge in [0.05, 0.1) is 11.7 Å². The van der Waals surface area contributed by atoms with Crippen molar-refractivity contribution in [3.05, 3.63) is 51.3 Å². The molecule has 0 radical (unpaired) electrons. The highest BCUT2D eigenvalue weighted by Crippen LogP contribution is 2.25. The third kappa shape index (κ3) is 3.73. The molecule has 0 amide bonds. The molecular weight excluding hydrogens is 328 g/mol. The van der Waals surface area contributed by atoms with E-state index in [4.69, 9.17) is 5.84 Å². The van der Waals surface area contributed by atoms with E-state index in [9.17, 15) is 0 Å². The Kier molecular flexibility index (Phi) is 5.56. The van der Waals surface area contributed by atoms with Gasteiger partial charge in [0.25, 0.3) is 0 Å². The molecule has 1 aromatic heterocycles. The first kappa shape index (κ1) is 16.2. The topological polar surface area (TPSA) is 55.9 Å². The zero-order valence-electron chi connectivity index (χ0n) is 12.9. The number of rotatable bonds is 6. The van der Waals surface area contributed by atoms with Gasteiger partial charge in [-0.25, -0.2) is 0 Å². The summed E-state index contributed by atoms with van der Waals surface area (Å²) < 4.78 is 3.14. The molecule has 1 atom stereocenters. The van der Waals surface area contributed by atoms with Gasteiger partial charge in [0.1, 0.15) is 0 Å². The Bertz CT molecular complexity index is 606. The first-order valence-corrected chi connectivity index (χ1v) is 8.16. The SMILES string of the molecule is CCc1cc(CC(NN)c2cc(Br)ccc2C)n(CC)n1. The third-order valence-electron chi connectivity index (χ3n) is 3.81. The fourth-order valence-electron chi connectivity index (χ4n) is 2.58. The molecule has 1 aromatic carbocycles. The van der Waals surface area contributed by atoms with Crippen LogP contribution in [0.4, 0.5) is 0 Å². The molecule has 1 heterocycles. The molecule has 0 spiro atoms. The van der Waals surface area contributed by atoms with Gasteiger partial charge in [0.15, 0.2) is 0 Å². The molecule has 2 aromatic rings. The highest BCUT2D eigenvalue weighted by molar-refractivity contribution is 9.10. The monoisotopic (exact) mass is 350 g/mol. The van der Waals surface area contributed by atoms with Gasteiger partial charge < -0.3 is 0 Å². The van der Waals surface area contributed by atoms with Crippen molar-refractivity contribution >= 4 is 15.9 Å². The van der Waals surface area contributed by atoms with Gasteiger partial charge in [-0.1, -0.05) is 28.9 Å². The van der Waals surface area contributed by atoms with Crippen molar-refractivity contribution in [2.24, 2.45) is 5.84 Å². The summed E-state index contributed by atoms with van der Waals surface area (Å²) in [5.41, 5.74) is 7.76. The Morgan fingerprint density at radius 3 is 2.71 bits per heavy atom. The average Bonchev–Trinajstić information content (AvgIpc) is 2.89. The van der Waals surface area contributed by atoms with E-state index in [2.05, 4.69) is 76.2 Å². The Hall–Kier alpha value is -1.17. The van der Waals surface area contributed by atoms with Crippen LogP contribution in [0.1, 0.15) is 42.4 Å². The summed E-state index contributed by atoms with van der Waals surface area (Å²) in [7, 11) is 0. The van der Waals surface area contributed by atoms with Gasteiger partial charge in [-0.3, -0.25) is 16.0 Å². The van der Waals surface area contributed by atoms with Crippen molar-refractivity contribution in [3.63, 3.8) is 0 Å². The molecule has 0 fully saturated rings. The number of aromatic nitrogens is 2. The number of hydrazine groups is 1. The van der Waals surface area contributed by atoms with Crippen molar-refractivity contribution in [2.75, 3.05) is 0 Å². The maximum Gasteiger partial charge on any atom is 0.0624 e. The highest BCUT2D eigenvalue weighted by Gasteiger charge is 2.16. The Labute approximate surface area is 134 Å². The molecule has 21 heavy (non-hydrogen) atoms. The molecule has 0 saturated carbocycles. The van der Waals surface area contributed by atoms with E-state index in [0.717, 1.165) is 29.6 Å². The van der Waals surface area contributed by atoms with Crippen LogP contribution in [0, 0.1) is 6.92 Å². The second kappa shape index (κ2) is 7.20. The van der Waals surface area contributed by atoms with Crippen molar-refractivity contribution in [2.45, 2.75) is 46.2 Å². The van der Waals surface area contributed by atoms with Crippen molar-refractivity contribution < 1.29 is 0 Å².